The van der Waals surface area contributed by atoms with Crippen LogP contribution in [-0.2, 0) is 13.0 Å². The molecular weight excluding hydrogens is 294 g/mol. The number of rotatable bonds is 4. The van der Waals surface area contributed by atoms with E-state index >= 15 is 0 Å². The molecule has 1 aliphatic rings. The Morgan fingerprint density at radius 3 is 2.91 bits per heavy atom. The fraction of sp³-hybridized carbons (Fsp3) is 0.353. The summed E-state index contributed by atoms with van der Waals surface area (Å²) < 4.78 is 5.93. The first kappa shape index (κ1) is 14.9. The molecule has 1 unspecified atom stereocenters. The Kier molecular flexibility index (Phi) is 4.63. The molecule has 5 heteroatoms. The van der Waals surface area contributed by atoms with Crippen LogP contribution in [0.3, 0.4) is 0 Å². The number of para-hydroxylation sites is 1. The Hall–Kier alpha value is -2.01. The lowest BCUT2D eigenvalue weighted by molar-refractivity contribution is 0.235. The Labute approximate surface area is 135 Å². The molecule has 22 heavy (non-hydrogen) atoms. The summed E-state index contributed by atoms with van der Waals surface area (Å²) in [6.45, 7) is 3.68. The first-order chi connectivity index (χ1) is 10.8. The van der Waals surface area contributed by atoms with Crippen molar-refractivity contribution in [2.75, 3.05) is 13.6 Å². The molecule has 0 aliphatic carbocycles. The highest BCUT2D eigenvalue weighted by Crippen LogP contribution is 2.27. The Morgan fingerprint density at radius 2 is 2.18 bits per heavy atom. The van der Waals surface area contributed by atoms with Gasteiger partial charge in [0.2, 0.25) is 0 Å². The van der Waals surface area contributed by atoms with Crippen molar-refractivity contribution < 1.29 is 4.74 Å². The smallest absolute Gasteiger partial charge is 0.191 e. The van der Waals surface area contributed by atoms with Gasteiger partial charge in [0, 0.05) is 18.3 Å². The summed E-state index contributed by atoms with van der Waals surface area (Å²) in [5.41, 5.74) is 2.61. The molecule has 4 nitrogen and oxygen atoms in total. The van der Waals surface area contributed by atoms with Crippen LogP contribution in [0.1, 0.15) is 16.0 Å². The molecule has 0 saturated heterocycles. The SMILES string of the molecule is CN=C(NCc1sccc1C)NCC1Cc2ccccc2O1. The molecule has 2 heterocycles. The van der Waals surface area contributed by atoms with E-state index in [0.717, 1.165) is 31.2 Å². The zero-order valence-electron chi connectivity index (χ0n) is 12.9. The van der Waals surface area contributed by atoms with Gasteiger partial charge >= 0.3 is 0 Å². The summed E-state index contributed by atoms with van der Waals surface area (Å²) >= 11 is 1.77. The van der Waals surface area contributed by atoms with Gasteiger partial charge in [0.15, 0.2) is 5.96 Å². The van der Waals surface area contributed by atoms with Crippen LogP contribution in [-0.4, -0.2) is 25.7 Å². The van der Waals surface area contributed by atoms with Crippen LogP contribution in [0.5, 0.6) is 5.75 Å². The second-order valence-corrected chi connectivity index (χ2v) is 6.39. The highest BCUT2D eigenvalue weighted by Gasteiger charge is 2.22. The summed E-state index contributed by atoms with van der Waals surface area (Å²) in [5.74, 6) is 1.82. The van der Waals surface area contributed by atoms with Crippen molar-refractivity contribution in [3.8, 4) is 5.75 Å². The number of hydrogen-bond acceptors (Lipinski definition) is 3. The quantitative estimate of drug-likeness (QED) is 0.673. The zero-order valence-corrected chi connectivity index (χ0v) is 13.7. The summed E-state index contributed by atoms with van der Waals surface area (Å²) in [6, 6.07) is 10.4. The second-order valence-electron chi connectivity index (χ2n) is 5.39. The molecule has 2 N–H and O–H groups in total. The number of ether oxygens (including phenoxy) is 1. The van der Waals surface area contributed by atoms with Crippen molar-refractivity contribution in [3.05, 3.63) is 51.7 Å². The monoisotopic (exact) mass is 315 g/mol. The lowest BCUT2D eigenvalue weighted by Crippen LogP contribution is -2.41. The van der Waals surface area contributed by atoms with E-state index in [1.54, 1.807) is 18.4 Å². The van der Waals surface area contributed by atoms with E-state index in [9.17, 15) is 0 Å². The third-order valence-corrected chi connectivity index (χ3v) is 4.84. The van der Waals surface area contributed by atoms with Crippen molar-refractivity contribution >= 4 is 17.3 Å². The van der Waals surface area contributed by atoms with E-state index < -0.39 is 0 Å². The number of aryl methyl sites for hydroxylation is 1. The van der Waals surface area contributed by atoms with Crippen LogP contribution >= 0.6 is 11.3 Å². The van der Waals surface area contributed by atoms with Gasteiger partial charge in [-0.1, -0.05) is 18.2 Å². The number of guanidine groups is 1. The van der Waals surface area contributed by atoms with Gasteiger partial charge in [-0.3, -0.25) is 4.99 Å². The minimum absolute atomic E-state index is 0.166. The molecule has 0 amide bonds. The number of thiophene rings is 1. The fourth-order valence-electron chi connectivity index (χ4n) is 2.55. The molecule has 1 aliphatic heterocycles. The summed E-state index contributed by atoms with van der Waals surface area (Å²) in [6.07, 6.45) is 1.11. The van der Waals surface area contributed by atoms with E-state index in [4.69, 9.17) is 4.74 Å². The summed E-state index contributed by atoms with van der Waals surface area (Å²) in [7, 11) is 1.79. The van der Waals surface area contributed by atoms with E-state index in [-0.39, 0.29) is 6.10 Å². The van der Waals surface area contributed by atoms with Crippen LogP contribution in [0.4, 0.5) is 0 Å². The predicted octanol–water partition coefficient (Wildman–Crippen LogP) is 2.73. The van der Waals surface area contributed by atoms with E-state index in [1.165, 1.54) is 16.0 Å². The lowest BCUT2D eigenvalue weighted by atomic mass is 10.1. The average molecular weight is 315 g/mol. The maximum Gasteiger partial charge on any atom is 0.191 e. The third-order valence-electron chi connectivity index (χ3n) is 3.82. The maximum atomic E-state index is 5.93. The number of nitrogens with one attached hydrogen (secondary N) is 2. The van der Waals surface area contributed by atoms with Gasteiger partial charge in [-0.2, -0.15) is 0 Å². The number of hydrogen-bond donors (Lipinski definition) is 2. The van der Waals surface area contributed by atoms with Crippen LogP contribution in [0.15, 0.2) is 40.7 Å². The van der Waals surface area contributed by atoms with Gasteiger partial charge in [-0.05, 0) is 35.6 Å². The topological polar surface area (TPSA) is 45.7 Å². The first-order valence-corrected chi connectivity index (χ1v) is 8.36. The molecule has 0 fully saturated rings. The number of nitrogens with zero attached hydrogens (tertiary/aromatic N) is 1. The minimum atomic E-state index is 0.166. The largest absolute Gasteiger partial charge is 0.488 e. The van der Waals surface area contributed by atoms with Crippen LogP contribution in [0.2, 0.25) is 0 Å². The lowest BCUT2D eigenvalue weighted by Gasteiger charge is -2.15. The van der Waals surface area contributed by atoms with Crippen LogP contribution in [0, 0.1) is 6.92 Å². The molecule has 1 aromatic heterocycles. The molecule has 2 aromatic rings. The molecule has 3 rings (SSSR count). The zero-order chi connectivity index (χ0) is 15.4. The average Bonchev–Trinajstić information content (AvgIpc) is 3.13. The normalized spacial score (nSPS) is 17.0. The van der Waals surface area contributed by atoms with Gasteiger partial charge in [0.05, 0.1) is 13.1 Å². The highest BCUT2D eigenvalue weighted by atomic mass is 32.1. The Balaban J connectivity index is 1.47. The molecule has 0 radical (unpaired) electrons. The van der Waals surface area contributed by atoms with Crippen molar-refractivity contribution in [3.63, 3.8) is 0 Å². The van der Waals surface area contributed by atoms with Gasteiger partial charge in [0.1, 0.15) is 11.9 Å². The summed E-state index contributed by atoms with van der Waals surface area (Å²) in [4.78, 5) is 5.61. The number of aliphatic imine (C=N–C) groups is 1. The number of fused-ring (bicyclic) bond motifs is 1. The van der Waals surface area contributed by atoms with Gasteiger partial charge in [-0.15, -0.1) is 11.3 Å². The van der Waals surface area contributed by atoms with Gasteiger partial charge in [0.25, 0.3) is 0 Å². The number of benzene rings is 1. The molecule has 0 bridgehead atoms. The van der Waals surface area contributed by atoms with Crippen molar-refractivity contribution in [1.82, 2.24) is 10.6 Å². The van der Waals surface area contributed by atoms with E-state index in [1.807, 2.05) is 12.1 Å². The molecule has 1 aromatic carbocycles. The fourth-order valence-corrected chi connectivity index (χ4v) is 3.39. The highest BCUT2D eigenvalue weighted by molar-refractivity contribution is 7.10. The van der Waals surface area contributed by atoms with Crippen LogP contribution < -0.4 is 15.4 Å². The Morgan fingerprint density at radius 1 is 1.32 bits per heavy atom. The molecule has 0 spiro atoms. The predicted molar refractivity (Wildman–Crippen MR) is 91.8 cm³/mol. The maximum absolute atomic E-state index is 5.93. The minimum Gasteiger partial charge on any atom is -0.488 e. The molecular formula is C17H21N3OS. The van der Waals surface area contributed by atoms with E-state index in [2.05, 4.69) is 46.1 Å². The first-order valence-electron chi connectivity index (χ1n) is 7.48. The molecule has 1 atom stereocenters. The standard InChI is InChI=1S/C17H21N3OS/c1-12-7-8-22-16(12)11-20-17(18-2)19-10-14-9-13-5-3-4-6-15(13)21-14/h3-8,14H,9-11H2,1-2H3,(H2,18,19,20). The van der Waals surface area contributed by atoms with Crippen molar-refractivity contribution in [2.45, 2.75) is 26.0 Å². The Bertz CT molecular complexity index is 640. The van der Waals surface area contributed by atoms with Crippen molar-refractivity contribution in [1.29, 1.82) is 0 Å². The third kappa shape index (κ3) is 3.42. The van der Waals surface area contributed by atoms with Gasteiger partial charge < -0.3 is 15.4 Å². The summed E-state index contributed by atoms with van der Waals surface area (Å²) in [5, 5.41) is 8.82. The molecule has 0 saturated carbocycles. The van der Waals surface area contributed by atoms with Crippen molar-refractivity contribution in [2.24, 2.45) is 4.99 Å². The van der Waals surface area contributed by atoms with Crippen LogP contribution in [0.25, 0.3) is 0 Å². The van der Waals surface area contributed by atoms with E-state index in [0.29, 0.717) is 0 Å². The van der Waals surface area contributed by atoms with Gasteiger partial charge in [-0.25, -0.2) is 0 Å². The molecule has 116 valence electrons. The second kappa shape index (κ2) is 6.83.